The standard InChI is InChI=1S/C22H23N3O5/c1-3-14-4-7-16(8-5-14)23-19(26)13-25-20(27)22(2,24-21(25)28)15-6-9-17-18(12-15)30-11-10-29-17/h4-9,12H,3,10-11,13H2,1-2H3,(H,23,26)(H,24,28)/t22-/m1/s1. The number of aryl methyl sites for hydroxylation is 1. The van der Waals surface area contributed by atoms with Crippen molar-refractivity contribution in [2.75, 3.05) is 25.1 Å². The monoisotopic (exact) mass is 409 g/mol. The lowest BCUT2D eigenvalue weighted by Crippen LogP contribution is -2.42. The summed E-state index contributed by atoms with van der Waals surface area (Å²) in [6.07, 6.45) is 0.898. The highest BCUT2D eigenvalue weighted by molar-refractivity contribution is 6.10. The third kappa shape index (κ3) is 3.56. The number of hydrogen-bond donors (Lipinski definition) is 2. The minimum absolute atomic E-state index is 0.375. The van der Waals surface area contributed by atoms with Crippen LogP contribution in [0.25, 0.3) is 0 Å². The molecule has 30 heavy (non-hydrogen) atoms. The number of urea groups is 1. The van der Waals surface area contributed by atoms with E-state index in [1.165, 1.54) is 0 Å². The molecule has 2 aromatic carbocycles. The zero-order chi connectivity index (χ0) is 21.3. The molecule has 4 amide bonds. The number of nitrogens with zero attached hydrogens (tertiary/aromatic N) is 1. The van der Waals surface area contributed by atoms with E-state index in [0.29, 0.717) is 36.0 Å². The van der Waals surface area contributed by atoms with Gasteiger partial charge in [0, 0.05) is 5.69 Å². The van der Waals surface area contributed by atoms with E-state index in [1.54, 1.807) is 37.3 Å². The van der Waals surface area contributed by atoms with Crippen LogP contribution >= 0.6 is 0 Å². The summed E-state index contributed by atoms with van der Waals surface area (Å²) < 4.78 is 11.1. The topological polar surface area (TPSA) is 97.0 Å². The molecule has 4 rings (SSSR count). The van der Waals surface area contributed by atoms with Gasteiger partial charge in [-0.05, 0) is 48.7 Å². The molecule has 0 aromatic heterocycles. The number of benzene rings is 2. The molecule has 0 saturated carbocycles. The molecule has 156 valence electrons. The molecule has 8 nitrogen and oxygen atoms in total. The molecule has 0 spiro atoms. The average Bonchev–Trinajstić information content (AvgIpc) is 2.98. The van der Waals surface area contributed by atoms with E-state index in [9.17, 15) is 14.4 Å². The summed E-state index contributed by atoms with van der Waals surface area (Å²) in [4.78, 5) is 38.9. The molecule has 1 atom stereocenters. The van der Waals surface area contributed by atoms with Crippen molar-refractivity contribution in [2.45, 2.75) is 25.8 Å². The fourth-order valence-electron chi connectivity index (χ4n) is 3.56. The molecule has 0 radical (unpaired) electrons. The van der Waals surface area contributed by atoms with Gasteiger partial charge in [0.25, 0.3) is 5.91 Å². The Labute approximate surface area is 174 Å². The molecule has 2 heterocycles. The van der Waals surface area contributed by atoms with Crippen LogP contribution in [-0.2, 0) is 21.5 Å². The van der Waals surface area contributed by atoms with Crippen LogP contribution in [-0.4, -0.2) is 42.5 Å². The summed E-state index contributed by atoms with van der Waals surface area (Å²) in [7, 11) is 0. The van der Waals surface area contributed by atoms with Crippen LogP contribution in [0.15, 0.2) is 42.5 Å². The van der Waals surface area contributed by atoms with Gasteiger partial charge in [0.2, 0.25) is 5.91 Å². The SMILES string of the molecule is CCc1ccc(NC(=O)CN2C(=O)N[C@](C)(c3ccc4c(c3)OCCO4)C2=O)cc1. The Morgan fingerprint density at radius 2 is 1.80 bits per heavy atom. The third-order valence-electron chi connectivity index (χ3n) is 5.34. The van der Waals surface area contributed by atoms with Crippen molar-refractivity contribution >= 4 is 23.5 Å². The number of carbonyl (C=O) groups excluding carboxylic acids is 3. The Kier molecular flexibility index (Phi) is 5.07. The summed E-state index contributed by atoms with van der Waals surface area (Å²) in [5.41, 5.74) is 1.02. The second kappa shape index (κ2) is 7.70. The summed E-state index contributed by atoms with van der Waals surface area (Å²) in [6, 6.07) is 11.9. The molecule has 2 aliphatic rings. The molecule has 2 aromatic rings. The molecule has 0 aliphatic carbocycles. The highest BCUT2D eigenvalue weighted by atomic mass is 16.6. The highest BCUT2D eigenvalue weighted by Gasteiger charge is 2.49. The largest absolute Gasteiger partial charge is 0.486 e. The molecule has 1 saturated heterocycles. The van der Waals surface area contributed by atoms with Gasteiger partial charge < -0.3 is 20.1 Å². The zero-order valence-corrected chi connectivity index (χ0v) is 16.9. The van der Waals surface area contributed by atoms with Crippen molar-refractivity contribution in [2.24, 2.45) is 0 Å². The molecular weight excluding hydrogens is 386 g/mol. The maximum atomic E-state index is 13.1. The highest BCUT2D eigenvalue weighted by Crippen LogP contribution is 2.36. The molecule has 2 N–H and O–H groups in total. The van der Waals surface area contributed by atoms with Crippen LogP contribution in [0.1, 0.15) is 25.0 Å². The molecule has 8 heteroatoms. The lowest BCUT2D eigenvalue weighted by Gasteiger charge is -2.25. The first-order chi connectivity index (χ1) is 14.4. The summed E-state index contributed by atoms with van der Waals surface area (Å²) in [6.45, 7) is 4.16. The lowest BCUT2D eigenvalue weighted by atomic mass is 9.91. The lowest BCUT2D eigenvalue weighted by molar-refractivity contribution is -0.133. The Bertz CT molecular complexity index is 1000. The second-order valence-corrected chi connectivity index (χ2v) is 7.40. The molecule has 2 aliphatic heterocycles. The van der Waals surface area contributed by atoms with Gasteiger partial charge in [0.15, 0.2) is 11.5 Å². The smallest absolute Gasteiger partial charge is 0.325 e. The maximum absolute atomic E-state index is 13.1. The van der Waals surface area contributed by atoms with Crippen LogP contribution in [0.4, 0.5) is 10.5 Å². The fourth-order valence-corrected chi connectivity index (χ4v) is 3.56. The summed E-state index contributed by atoms with van der Waals surface area (Å²) >= 11 is 0. The Hall–Kier alpha value is -3.55. The van der Waals surface area contributed by atoms with Gasteiger partial charge in [-0.3, -0.25) is 14.5 Å². The van der Waals surface area contributed by atoms with E-state index in [-0.39, 0.29) is 6.54 Å². The van der Waals surface area contributed by atoms with E-state index in [1.807, 2.05) is 19.1 Å². The molecular formula is C22H23N3O5. The quantitative estimate of drug-likeness (QED) is 0.740. The van der Waals surface area contributed by atoms with Crippen molar-refractivity contribution in [1.29, 1.82) is 0 Å². The van der Waals surface area contributed by atoms with Gasteiger partial charge >= 0.3 is 6.03 Å². The first-order valence-electron chi connectivity index (χ1n) is 9.84. The van der Waals surface area contributed by atoms with Crippen LogP contribution < -0.4 is 20.1 Å². The zero-order valence-electron chi connectivity index (χ0n) is 16.9. The number of rotatable bonds is 5. The second-order valence-electron chi connectivity index (χ2n) is 7.40. The van der Waals surface area contributed by atoms with Crippen molar-refractivity contribution < 1.29 is 23.9 Å². The normalized spacial score (nSPS) is 20.1. The van der Waals surface area contributed by atoms with Gasteiger partial charge in [-0.2, -0.15) is 0 Å². The summed E-state index contributed by atoms with van der Waals surface area (Å²) in [5.74, 6) is 0.166. The van der Waals surface area contributed by atoms with Crippen LogP contribution in [0.5, 0.6) is 11.5 Å². The minimum Gasteiger partial charge on any atom is -0.486 e. The number of fused-ring (bicyclic) bond motifs is 1. The van der Waals surface area contributed by atoms with Gasteiger partial charge in [-0.15, -0.1) is 0 Å². The first-order valence-corrected chi connectivity index (χ1v) is 9.84. The number of carbonyl (C=O) groups is 3. The Morgan fingerprint density at radius 3 is 2.50 bits per heavy atom. The average molecular weight is 409 g/mol. The van der Waals surface area contributed by atoms with E-state index in [2.05, 4.69) is 10.6 Å². The van der Waals surface area contributed by atoms with Crippen molar-refractivity contribution in [3.05, 3.63) is 53.6 Å². The van der Waals surface area contributed by atoms with Gasteiger partial charge in [-0.1, -0.05) is 25.1 Å². The molecule has 0 unspecified atom stereocenters. The fraction of sp³-hybridized carbons (Fsp3) is 0.318. The van der Waals surface area contributed by atoms with Crippen LogP contribution in [0, 0.1) is 0 Å². The van der Waals surface area contributed by atoms with E-state index >= 15 is 0 Å². The number of ether oxygens (including phenoxy) is 2. The van der Waals surface area contributed by atoms with Crippen molar-refractivity contribution in [3.8, 4) is 11.5 Å². The van der Waals surface area contributed by atoms with E-state index < -0.39 is 23.4 Å². The number of imide groups is 1. The predicted molar refractivity (Wildman–Crippen MR) is 109 cm³/mol. The van der Waals surface area contributed by atoms with E-state index in [0.717, 1.165) is 16.9 Å². The molecule has 0 bridgehead atoms. The maximum Gasteiger partial charge on any atom is 0.325 e. The Balaban J connectivity index is 1.48. The van der Waals surface area contributed by atoms with Gasteiger partial charge in [0.1, 0.15) is 25.3 Å². The third-order valence-corrected chi connectivity index (χ3v) is 5.34. The number of amides is 4. The number of hydrogen-bond acceptors (Lipinski definition) is 5. The predicted octanol–water partition coefficient (Wildman–Crippen LogP) is 2.43. The van der Waals surface area contributed by atoms with Gasteiger partial charge in [-0.25, -0.2) is 4.79 Å². The molecule has 1 fully saturated rings. The summed E-state index contributed by atoms with van der Waals surface area (Å²) in [5, 5.41) is 5.42. The van der Waals surface area contributed by atoms with E-state index in [4.69, 9.17) is 9.47 Å². The van der Waals surface area contributed by atoms with Crippen molar-refractivity contribution in [1.82, 2.24) is 10.2 Å². The Morgan fingerprint density at radius 1 is 1.10 bits per heavy atom. The van der Waals surface area contributed by atoms with Crippen molar-refractivity contribution in [3.63, 3.8) is 0 Å². The first kappa shape index (κ1) is 19.8. The number of anilines is 1. The minimum atomic E-state index is -1.30. The number of nitrogens with one attached hydrogen (secondary N) is 2. The van der Waals surface area contributed by atoms with Gasteiger partial charge in [0.05, 0.1) is 0 Å². The van der Waals surface area contributed by atoms with Crippen LogP contribution in [0.2, 0.25) is 0 Å². The van der Waals surface area contributed by atoms with Crippen LogP contribution in [0.3, 0.4) is 0 Å².